The minimum absolute atomic E-state index is 0.0323. The van der Waals surface area contributed by atoms with Gasteiger partial charge in [-0.05, 0) is 36.8 Å². The Morgan fingerprint density at radius 2 is 1.96 bits per heavy atom. The fourth-order valence-electron chi connectivity index (χ4n) is 1.81. The van der Waals surface area contributed by atoms with Crippen LogP contribution in [0, 0.1) is 17.0 Å². The summed E-state index contributed by atoms with van der Waals surface area (Å²) in [5.74, 6) is -0.442. The van der Waals surface area contributed by atoms with Crippen molar-refractivity contribution in [3.63, 3.8) is 0 Å². The first-order valence-corrected chi connectivity index (χ1v) is 7.25. The van der Waals surface area contributed by atoms with Crippen LogP contribution in [0.5, 0.6) is 5.75 Å². The van der Waals surface area contributed by atoms with Crippen LogP contribution in [-0.4, -0.2) is 17.4 Å². The smallest absolute Gasteiger partial charge is 0.311 e. The first-order chi connectivity index (χ1) is 10.9. The van der Waals surface area contributed by atoms with Gasteiger partial charge in [-0.3, -0.25) is 14.9 Å². The molecule has 8 heteroatoms. The number of aryl methyl sites for hydroxylation is 1. The average molecular weight is 355 g/mol. The summed E-state index contributed by atoms with van der Waals surface area (Å²) in [6, 6.07) is 9.13. The number of carbonyl (C=O) groups is 1. The Balaban J connectivity index is 2.02. The molecule has 0 unspecified atom stereocenters. The zero-order valence-electron chi connectivity index (χ0n) is 12.0. The molecular weight excluding hydrogens is 343 g/mol. The number of halogens is 2. The fourth-order valence-corrected chi connectivity index (χ4v) is 2.10. The van der Waals surface area contributed by atoms with E-state index >= 15 is 0 Å². The van der Waals surface area contributed by atoms with Crippen molar-refractivity contribution < 1.29 is 14.5 Å². The van der Waals surface area contributed by atoms with E-state index in [1.54, 1.807) is 25.1 Å². The Morgan fingerprint density at radius 1 is 1.22 bits per heavy atom. The molecule has 2 aromatic carbocycles. The minimum Gasteiger partial charge on any atom is -0.477 e. The molecule has 0 aliphatic heterocycles. The first kappa shape index (κ1) is 17.1. The van der Waals surface area contributed by atoms with Crippen LogP contribution >= 0.6 is 23.2 Å². The number of hydrogen-bond donors (Lipinski definition) is 1. The Kier molecular flexibility index (Phi) is 5.41. The lowest BCUT2D eigenvalue weighted by Crippen LogP contribution is -2.20. The number of nitro groups is 1. The van der Waals surface area contributed by atoms with Gasteiger partial charge >= 0.3 is 5.69 Å². The number of amides is 1. The van der Waals surface area contributed by atoms with Gasteiger partial charge in [0.2, 0.25) is 0 Å². The molecule has 6 nitrogen and oxygen atoms in total. The van der Waals surface area contributed by atoms with E-state index in [1.165, 1.54) is 18.2 Å². The van der Waals surface area contributed by atoms with Crippen molar-refractivity contribution in [1.82, 2.24) is 0 Å². The zero-order valence-corrected chi connectivity index (χ0v) is 13.5. The molecule has 0 aliphatic carbocycles. The van der Waals surface area contributed by atoms with Crippen LogP contribution < -0.4 is 10.1 Å². The van der Waals surface area contributed by atoms with E-state index in [1.807, 2.05) is 0 Å². The molecule has 23 heavy (non-hydrogen) atoms. The second kappa shape index (κ2) is 7.30. The lowest BCUT2D eigenvalue weighted by Gasteiger charge is -2.09. The maximum atomic E-state index is 11.8. The van der Waals surface area contributed by atoms with Gasteiger partial charge in [-0.25, -0.2) is 0 Å². The number of carbonyl (C=O) groups excluding carboxylic acids is 1. The number of nitrogens with zero attached hydrogens (tertiary/aromatic N) is 1. The number of benzene rings is 2. The van der Waals surface area contributed by atoms with Crippen molar-refractivity contribution in [2.45, 2.75) is 6.92 Å². The number of anilines is 1. The third-order valence-electron chi connectivity index (χ3n) is 2.87. The molecule has 0 bridgehead atoms. The van der Waals surface area contributed by atoms with Crippen molar-refractivity contribution in [3.05, 3.63) is 62.1 Å². The van der Waals surface area contributed by atoms with Crippen LogP contribution in [-0.2, 0) is 4.79 Å². The summed E-state index contributed by atoms with van der Waals surface area (Å²) in [6.07, 6.45) is 0. The fraction of sp³-hybridized carbons (Fsp3) is 0.133. The number of nitro benzene ring substituents is 1. The minimum atomic E-state index is -0.556. The number of hydrogen-bond acceptors (Lipinski definition) is 4. The maximum Gasteiger partial charge on any atom is 0.311 e. The molecule has 0 aromatic heterocycles. The van der Waals surface area contributed by atoms with E-state index in [-0.39, 0.29) is 18.0 Å². The van der Waals surface area contributed by atoms with E-state index in [9.17, 15) is 14.9 Å². The normalized spacial score (nSPS) is 10.2. The predicted molar refractivity (Wildman–Crippen MR) is 88.4 cm³/mol. The van der Waals surface area contributed by atoms with Gasteiger partial charge in [0.15, 0.2) is 12.4 Å². The Morgan fingerprint density at radius 3 is 2.61 bits per heavy atom. The van der Waals surface area contributed by atoms with E-state index in [2.05, 4.69) is 5.32 Å². The number of nitrogens with one attached hydrogen (secondary N) is 1. The topological polar surface area (TPSA) is 81.5 Å². The van der Waals surface area contributed by atoms with Crippen LogP contribution in [0.1, 0.15) is 5.56 Å². The van der Waals surface area contributed by atoms with Crippen LogP contribution in [0.3, 0.4) is 0 Å². The largest absolute Gasteiger partial charge is 0.477 e. The van der Waals surface area contributed by atoms with E-state index in [0.717, 1.165) is 5.56 Å². The summed E-state index contributed by atoms with van der Waals surface area (Å²) in [6.45, 7) is 1.36. The summed E-state index contributed by atoms with van der Waals surface area (Å²) in [4.78, 5) is 22.3. The molecule has 1 amide bonds. The molecule has 0 fully saturated rings. The second-order valence-electron chi connectivity index (χ2n) is 4.69. The molecule has 2 rings (SSSR count). The highest BCUT2D eigenvalue weighted by molar-refractivity contribution is 6.42. The summed E-state index contributed by atoms with van der Waals surface area (Å²) < 4.78 is 5.23. The molecule has 0 saturated carbocycles. The quantitative estimate of drug-likeness (QED) is 0.643. The number of ether oxygens (including phenoxy) is 1. The lowest BCUT2D eigenvalue weighted by molar-refractivity contribution is -0.385. The van der Waals surface area contributed by atoms with E-state index in [4.69, 9.17) is 27.9 Å². The molecule has 1 N–H and O–H groups in total. The van der Waals surface area contributed by atoms with Gasteiger partial charge in [-0.15, -0.1) is 0 Å². The van der Waals surface area contributed by atoms with Gasteiger partial charge in [0, 0.05) is 11.8 Å². The Labute approximate surface area is 142 Å². The summed E-state index contributed by atoms with van der Waals surface area (Å²) in [7, 11) is 0. The molecule has 2 aromatic rings. The lowest BCUT2D eigenvalue weighted by atomic mass is 10.2. The molecule has 0 saturated heterocycles. The monoisotopic (exact) mass is 354 g/mol. The molecular formula is C15H12Cl2N2O4. The zero-order chi connectivity index (χ0) is 17.0. The first-order valence-electron chi connectivity index (χ1n) is 6.49. The van der Waals surface area contributed by atoms with Crippen LogP contribution in [0.15, 0.2) is 36.4 Å². The standard InChI is InChI=1S/C15H12Cl2N2O4/c1-9-2-5-14(13(6-9)19(21)22)23-8-15(20)18-10-3-4-11(16)12(17)7-10/h2-7H,8H2,1H3,(H,18,20). The Bertz CT molecular complexity index is 765. The van der Waals surface area contributed by atoms with E-state index < -0.39 is 10.8 Å². The number of rotatable bonds is 5. The third-order valence-corrected chi connectivity index (χ3v) is 3.61. The van der Waals surface area contributed by atoms with Crippen molar-refractivity contribution in [3.8, 4) is 5.75 Å². The molecule has 0 heterocycles. The van der Waals surface area contributed by atoms with Gasteiger partial charge in [0.05, 0.1) is 15.0 Å². The highest BCUT2D eigenvalue weighted by Gasteiger charge is 2.16. The molecule has 0 spiro atoms. The van der Waals surface area contributed by atoms with Crippen LogP contribution in [0.25, 0.3) is 0 Å². The van der Waals surface area contributed by atoms with Crippen molar-refractivity contribution in [2.75, 3.05) is 11.9 Å². The van der Waals surface area contributed by atoms with Crippen LogP contribution in [0.2, 0.25) is 10.0 Å². The molecule has 120 valence electrons. The second-order valence-corrected chi connectivity index (χ2v) is 5.51. The van der Waals surface area contributed by atoms with Crippen molar-refractivity contribution in [1.29, 1.82) is 0 Å². The summed E-state index contributed by atoms with van der Waals surface area (Å²) >= 11 is 11.6. The highest BCUT2D eigenvalue weighted by Crippen LogP contribution is 2.28. The summed E-state index contributed by atoms with van der Waals surface area (Å²) in [5.41, 5.74) is 0.989. The van der Waals surface area contributed by atoms with Gasteiger partial charge in [-0.2, -0.15) is 0 Å². The molecule has 0 aliphatic rings. The molecule has 0 radical (unpaired) electrons. The van der Waals surface area contributed by atoms with Gasteiger partial charge < -0.3 is 10.1 Å². The van der Waals surface area contributed by atoms with Crippen LogP contribution in [0.4, 0.5) is 11.4 Å². The maximum absolute atomic E-state index is 11.8. The Hall–Kier alpha value is -2.31. The predicted octanol–water partition coefficient (Wildman–Crippen LogP) is 4.23. The average Bonchev–Trinajstić information content (AvgIpc) is 2.49. The van der Waals surface area contributed by atoms with Crippen molar-refractivity contribution in [2.24, 2.45) is 0 Å². The summed E-state index contributed by atoms with van der Waals surface area (Å²) in [5, 5.41) is 14.2. The SMILES string of the molecule is Cc1ccc(OCC(=O)Nc2ccc(Cl)c(Cl)c2)c([N+](=O)[O-])c1. The van der Waals surface area contributed by atoms with Gasteiger partial charge in [0.25, 0.3) is 5.91 Å². The highest BCUT2D eigenvalue weighted by atomic mass is 35.5. The third kappa shape index (κ3) is 4.58. The van der Waals surface area contributed by atoms with Gasteiger partial charge in [0.1, 0.15) is 0 Å². The van der Waals surface area contributed by atoms with Crippen molar-refractivity contribution >= 4 is 40.5 Å². The molecule has 0 atom stereocenters. The van der Waals surface area contributed by atoms with Gasteiger partial charge in [-0.1, -0.05) is 29.3 Å². The van der Waals surface area contributed by atoms with E-state index in [0.29, 0.717) is 15.7 Å².